The molecular formula is C23H26N4O3. The van der Waals surface area contributed by atoms with E-state index in [1.165, 1.54) is 51.8 Å². The Kier molecular flexibility index (Phi) is 4.68. The molecule has 156 valence electrons. The number of aromatic amines is 1. The summed E-state index contributed by atoms with van der Waals surface area (Å²) < 4.78 is 4.68. The number of benzene rings is 1. The molecule has 1 heterocycles. The zero-order chi connectivity index (χ0) is 20.7. The van der Waals surface area contributed by atoms with E-state index in [1.54, 1.807) is 24.3 Å². The van der Waals surface area contributed by atoms with Gasteiger partial charge in [-0.1, -0.05) is 12.1 Å². The SMILES string of the molecule is COC(=O)c1ccc(/C=N\NC(=O)c2cc(C34CC5CC(CC(C5)C3)C4)[nH]n2)cc1. The van der Waals surface area contributed by atoms with Crippen LogP contribution in [-0.4, -0.2) is 35.4 Å². The molecule has 4 fully saturated rings. The molecule has 2 N–H and O–H groups in total. The molecular weight excluding hydrogens is 380 g/mol. The highest BCUT2D eigenvalue weighted by Crippen LogP contribution is 2.60. The van der Waals surface area contributed by atoms with Gasteiger partial charge in [-0.2, -0.15) is 10.2 Å². The number of esters is 1. The van der Waals surface area contributed by atoms with Crippen molar-refractivity contribution >= 4 is 18.1 Å². The zero-order valence-electron chi connectivity index (χ0n) is 17.1. The highest BCUT2D eigenvalue weighted by molar-refractivity contribution is 5.93. The fraction of sp³-hybridized carbons (Fsp3) is 0.478. The number of ether oxygens (including phenoxy) is 1. The standard InChI is InChI=1S/C23H26N4O3/c1-30-22(29)18-4-2-14(3-5-18)13-24-27-21(28)19-9-20(26-25-19)23-10-15-6-16(11-23)8-17(7-15)12-23/h2-5,9,13,15-17H,6-8,10-12H2,1H3,(H,25,26)(H,27,28)/b24-13-. The van der Waals surface area contributed by atoms with Crippen LogP contribution in [0.3, 0.4) is 0 Å². The fourth-order valence-corrected chi connectivity index (χ4v) is 6.20. The maximum Gasteiger partial charge on any atom is 0.337 e. The Morgan fingerprint density at radius 3 is 2.37 bits per heavy atom. The lowest BCUT2D eigenvalue weighted by Crippen LogP contribution is -2.48. The van der Waals surface area contributed by atoms with E-state index in [-0.39, 0.29) is 17.3 Å². The summed E-state index contributed by atoms with van der Waals surface area (Å²) in [4.78, 5) is 24.0. The zero-order valence-corrected chi connectivity index (χ0v) is 17.1. The number of hydrogen-bond acceptors (Lipinski definition) is 5. The van der Waals surface area contributed by atoms with Crippen LogP contribution in [0.4, 0.5) is 0 Å². The van der Waals surface area contributed by atoms with Gasteiger partial charge in [0.15, 0.2) is 5.69 Å². The molecule has 7 heteroatoms. The lowest BCUT2D eigenvalue weighted by atomic mass is 9.49. The van der Waals surface area contributed by atoms with Crippen molar-refractivity contribution in [1.82, 2.24) is 15.6 Å². The van der Waals surface area contributed by atoms with E-state index in [2.05, 4.69) is 25.5 Å². The number of nitrogens with one attached hydrogen (secondary N) is 2. The van der Waals surface area contributed by atoms with Crippen LogP contribution >= 0.6 is 0 Å². The van der Waals surface area contributed by atoms with Crippen molar-refractivity contribution in [2.24, 2.45) is 22.9 Å². The third kappa shape index (κ3) is 3.42. The van der Waals surface area contributed by atoms with Crippen LogP contribution in [0.15, 0.2) is 35.4 Å². The van der Waals surface area contributed by atoms with Crippen LogP contribution in [0.1, 0.15) is 70.6 Å². The molecule has 0 spiro atoms. The molecule has 0 aliphatic heterocycles. The van der Waals surface area contributed by atoms with Crippen LogP contribution < -0.4 is 5.43 Å². The molecule has 0 atom stereocenters. The molecule has 4 aliphatic rings. The largest absolute Gasteiger partial charge is 0.465 e. The lowest BCUT2D eigenvalue weighted by Gasteiger charge is -2.56. The number of rotatable bonds is 5. The van der Waals surface area contributed by atoms with Gasteiger partial charge in [-0.15, -0.1) is 0 Å². The third-order valence-electron chi connectivity index (χ3n) is 7.13. The number of hydrazone groups is 1. The summed E-state index contributed by atoms with van der Waals surface area (Å²) in [6, 6.07) is 8.70. The molecule has 7 nitrogen and oxygen atoms in total. The molecule has 4 saturated carbocycles. The first-order valence-electron chi connectivity index (χ1n) is 10.6. The van der Waals surface area contributed by atoms with Crippen LogP contribution in [0.5, 0.6) is 0 Å². The summed E-state index contributed by atoms with van der Waals surface area (Å²) in [5.74, 6) is 1.80. The molecule has 1 aromatic heterocycles. The molecule has 0 radical (unpaired) electrons. The van der Waals surface area contributed by atoms with E-state index in [0.29, 0.717) is 11.3 Å². The van der Waals surface area contributed by atoms with Gasteiger partial charge in [-0.3, -0.25) is 9.89 Å². The molecule has 1 aromatic carbocycles. The van der Waals surface area contributed by atoms with Crippen molar-refractivity contribution in [2.45, 2.75) is 43.9 Å². The number of H-pyrrole nitrogens is 1. The van der Waals surface area contributed by atoms with E-state index < -0.39 is 0 Å². The van der Waals surface area contributed by atoms with Crippen LogP contribution in [0.2, 0.25) is 0 Å². The van der Waals surface area contributed by atoms with Gasteiger partial charge in [0.25, 0.3) is 5.91 Å². The van der Waals surface area contributed by atoms with Gasteiger partial charge >= 0.3 is 5.97 Å². The minimum atomic E-state index is -0.389. The van der Waals surface area contributed by atoms with Crippen molar-refractivity contribution in [3.05, 3.63) is 52.8 Å². The van der Waals surface area contributed by atoms with Gasteiger partial charge in [0.1, 0.15) is 0 Å². The maximum absolute atomic E-state index is 12.5. The summed E-state index contributed by atoms with van der Waals surface area (Å²) >= 11 is 0. The number of carbonyl (C=O) groups is 2. The first kappa shape index (κ1) is 19.0. The second-order valence-electron chi connectivity index (χ2n) is 9.18. The van der Waals surface area contributed by atoms with Crippen molar-refractivity contribution in [2.75, 3.05) is 7.11 Å². The normalized spacial score (nSPS) is 29.3. The van der Waals surface area contributed by atoms with Crippen LogP contribution in [0, 0.1) is 17.8 Å². The molecule has 2 aromatic rings. The minimum Gasteiger partial charge on any atom is -0.465 e. The molecule has 4 aliphatic carbocycles. The highest BCUT2D eigenvalue weighted by Gasteiger charge is 2.52. The van der Waals surface area contributed by atoms with Gasteiger partial charge in [0, 0.05) is 11.1 Å². The molecule has 1 amide bonds. The van der Waals surface area contributed by atoms with Crippen LogP contribution in [-0.2, 0) is 10.2 Å². The third-order valence-corrected chi connectivity index (χ3v) is 7.13. The molecule has 0 saturated heterocycles. The average molecular weight is 406 g/mol. The molecule has 6 rings (SSSR count). The number of aromatic nitrogens is 2. The van der Waals surface area contributed by atoms with Crippen molar-refractivity contribution in [3.8, 4) is 0 Å². The molecule has 30 heavy (non-hydrogen) atoms. The monoisotopic (exact) mass is 406 g/mol. The van der Waals surface area contributed by atoms with E-state index in [0.717, 1.165) is 29.0 Å². The second-order valence-corrected chi connectivity index (χ2v) is 9.18. The van der Waals surface area contributed by atoms with Gasteiger partial charge in [-0.25, -0.2) is 10.2 Å². The number of amides is 1. The Balaban J connectivity index is 1.23. The van der Waals surface area contributed by atoms with Gasteiger partial charge in [0.05, 0.1) is 18.9 Å². The summed E-state index contributed by atoms with van der Waals surface area (Å²) in [5.41, 5.74) is 5.45. The number of hydrogen-bond donors (Lipinski definition) is 2. The van der Waals surface area contributed by atoms with Gasteiger partial charge < -0.3 is 4.74 Å². The minimum absolute atomic E-state index is 0.185. The van der Waals surface area contributed by atoms with E-state index in [1.807, 2.05) is 6.07 Å². The molecule has 0 unspecified atom stereocenters. The van der Waals surface area contributed by atoms with Gasteiger partial charge in [0.2, 0.25) is 0 Å². The highest BCUT2D eigenvalue weighted by atomic mass is 16.5. The fourth-order valence-electron chi connectivity index (χ4n) is 6.20. The Hall–Kier alpha value is -2.96. The summed E-state index contributed by atoms with van der Waals surface area (Å²) in [7, 11) is 1.34. The second kappa shape index (κ2) is 7.38. The summed E-state index contributed by atoms with van der Waals surface area (Å²) in [6.07, 6.45) is 9.36. The average Bonchev–Trinajstić information content (AvgIpc) is 3.24. The van der Waals surface area contributed by atoms with Crippen LogP contribution in [0.25, 0.3) is 0 Å². The Morgan fingerprint density at radius 2 is 1.77 bits per heavy atom. The Morgan fingerprint density at radius 1 is 1.13 bits per heavy atom. The molecule has 4 bridgehead atoms. The van der Waals surface area contributed by atoms with Crippen molar-refractivity contribution < 1.29 is 14.3 Å². The Labute approximate surface area is 175 Å². The first-order valence-corrected chi connectivity index (χ1v) is 10.6. The first-order chi connectivity index (χ1) is 14.5. The predicted octanol–water partition coefficient (Wildman–Crippen LogP) is 3.43. The van der Waals surface area contributed by atoms with Gasteiger partial charge in [-0.05, 0) is 80.0 Å². The number of methoxy groups -OCH3 is 1. The topological polar surface area (TPSA) is 96.4 Å². The summed E-state index contributed by atoms with van der Waals surface area (Å²) in [5, 5.41) is 11.5. The van der Waals surface area contributed by atoms with E-state index in [9.17, 15) is 9.59 Å². The smallest absolute Gasteiger partial charge is 0.337 e. The van der Waals surface area contributed by atoms with E-state index >= 15 is 0 Å². The maximum atomic E-state index is 12.5. The van der Waals surface area contributed by atoms with Crippen molar-refractivity contribution in [3.63, 3.8) is 0 Å². The van der Waals surface area contributed by atoms with Crippen molar-refractivity contribution in [1.29, 1.82) is 0 Å². The lowest BCUT2D eigenvalue weighted by molar-refractivity contribution is -0.00721. The Bertz CT molecular complexity index is 957. The number of carbonyl (C=O) groups excluding carboxylic acids is 2. The van der Waals surface area contributed by atoms with E-state index in [4.69, 9.17) is 0 Å². The number of nitrogens with zero attached hydrogens (tertiary/aromatic N) is 2. The predicted molar refractivity (Wildman–Crippen MR) is 111 cm³/mol. The quantitative estimate of drug-likeness (QED) is 0.452. The summed E-state index contributed by atoms with van der Waals surface area (Å²) in [6.45, 7) is 0.